The van der Waals surface area contributed by atoms with Crippen LogP contribution >= 0.6 is 0 Å². The quantitative estimate of drug-likeness (QED) is 0.512. The van der Waals surface area contributed by atoms with E-state index in [4.69, 9.17) is 8.83 Å². The van der Waals surface area contributed by atoms with Gasteiger partial charge in [-0.25, -0.2) is 4.79 Å². The zero-order chi connectivity index (χ0) is 16.2. The molecule has 0 radical (unpaired) electrons. The average Bonchev–Trinajstić information content (AvgIpc) is 3.00. The summed E-state index contributed by atoms with van der Waals surface area (Å²) in [5.41, 5.74) is 2.33. The van der Waals surface area contributed by atoms with Crippen molar-refractivity contribution >= 4 is 11.0 Å². The molecule has 0 aliphatic rings. The molecule has 0 amide bonds. The first-order chi connectivity index (χ1) is 11.2. The standard InChI is InChI=1S/C19H19NO3/c1-3-8-20(13-16-5-4-9-22-16)12-15-6-7-17-14(2)10-19(21)23-18(17)11-15/h3-7,9-11H,1,8,12-13H2,2H3. The van der Waals surface area contributed by atoms with Crippen LogP contribution in [0.15, 0.2) is 68.9 Å². The van der Waals surface area contributed by atoms with E-state index in [1.165, 1.54) is 6.07 Å². The van der Waals surface area contributed by atoms with Gasteiger partial charge in [0.2, 0.25) is 0 Å². The van der Waals surface area contributed by atoms with Gasteiger partial charge in [-0.2, -0.15) is 0 Å². The molecule has 4 heteroatoms. The Hall–Kier alpha value is -2.59. The Morgan fingerprint density at radius 1 is 1.22 bits per heavy atom. The number of hydrogen-bond acceptors (Lipinski definition) is 4. The predicted octanol–water partition coefficient (Wildman–Crippen LogP) is 3.88. The number of hydrogen-bond donors (Lipinski definition) is 0. The Kier molecular flexibility index (Phi) is 4.44. The molecule has 0 fully saturated rings. The molecule has 1 aromatic carbocycles. The summed E-state index contributed by atoms with van der Waals surface area (Å²) in [6.07, 6.45) is 3.54. The summed E-state index contributed by atoms with van der Waals surface area (Å²) in [5, 5.41) is 0.967. The number of rotatable bonds is 6. The minimum atomic E-state index is -0.314. The van der Waals surface area contributed by atoms with E-state index in [1.807, 2.05) is 37.3 Å². The van der Waals surface area contributed by atoms with Crippen molar-refractivity contribution in [1.29, 1.82) is 0 Å². The topological polar surface area (TPSA) is 46.6 Å². The van der Waals surface area contributed by atoms with Crippen LogP contribution in [0.2, 0.25) is 0 Å². The zero-order valence-corrected chi connectivity index (χ0v) is 13.1. The van der Waals surface area contributed by atoms with E-state index in [0.717, 1.165) is 35.4 Å². The smallest absolute Gasteiger partial charge is 0.336 e. The fourth-order valence-corrected chi connectivity index (χ4v) is 2.72. The van der Waals surface area contributed by atoms with Crippen LogP contribution in [0, 0.1) is 6.92 Å². The minimum absolute atomic E-state index is 0.314. The van der Waals surface area contributed by atoms with Crippen LogP contribution < -0.4 is 5.63 Å². The first kappa shape index (κ1) is 15.3. The lowest BCUT2D eigenvalue weighted by Gasteiger charge is -2.19. The highest BCUT2D eigenvalue weighted by Crippen LogP contribution is 2.19. The lowest BCUT2D eigenvalue weighted by molar-refractivity contribution is 0.260. The molecule has 0 spiro atoms. The van der Waals surface area contributed by atoms with Crippen molar-refractivity contribution < 1.29 is 8.83 Å². The molecule has 0 aliphatic heterocycles. The first-order valence-electron chi connectivity index (χ1n) is 7.55. The van der Waals surface area contributed by atoms with Crippen molar-refractivity contribution in [2.45, 2.75) is 20.0 Å². The van der Waals surface area contributed by atoms with E-state index in [2.05, 4.69) is 17.5 Å². The van der Waals surface area contributed by atoms with E-state index in [0.29, 0.717) is 12.1 Å². The van der Waals surface area contributed by atoms with Gasteiger partial charge < -0.3 is 8.83 Å². The van der Waals surface area contributed by atoms with Crippen LogP contribution in [0.1, 0.15) is 16.9 Å². The molecular weight excluding hydrogens is 290 g/mol. The van der Waals surface area contributed by atoms with E-state index < -0.39 is 0 Å². The molecule has 0 N–H and O–H groups in total. The van der Waals surface area contributed by atoms with Gasteiger partial charge in [0, 0.05) is 24.5 Å². The molecule has 2 heterocycles. The predicted molar refractivity (Wildman–Crippen MR) is 90.2 cm³/mol. The lowest BCUT2D eigenvalue weighted by Crippen LogP contribution is -2.22. The molecule has 0 bridgehead atoms. The third kappa shape index (κ3) is 3.60. The molecule has 4 nitrogen and oxygen atoms in total. The van der Waals surface area contributed by atoms with Crippen molar-refractivity contribution in [3.63, 3.8) is 0 Å². The molecule has 23 heavy (non-hydrogen) atoms. The van der Waals surface area contributed by atoms with Crippen molar-refractivity contribution in [2.24, 2.45) is 0 Å². The van der Waals surface area contributed by atoms with Gasteiger partial charge in [0.25, 0.3) is 0 Å². The Bertz CT molecular complexity index is 862. The molecular formula is C19H19NO3. The van der Waals surface area contributed by atoms with Crippen LogP contribution in [0.5, 0.6) is 0 Å². The second-order valence-electron chi connectivity index (χ2n) is 5.62. The van der Waals surface area contributed by atoms with Crippen molar-refractivity contribution in [3.05, 3.63) is 82.6 Å². The molecule has 0 aliphatic carbocycles. The minimum Gasteiger partial charge on any atom is -0.468 e. The Balaban J connectivity index is 1.86. The monoisotopic (exact) mass is 309 g/mol. The maximum atomic E-state index is 11.5. The van der Waals surface area contributed by atoms with E-state index in [1.54, 1.807) is 6.26 Å². The van der Waals surface area contributed by atoms with Crippen molar-refractivity contribution in [2.75, 3.05) is 6.54 Å². The highest BCUT2D eigenvalue weighted by atomic mass is 16.4. The summed E-state index contributed by atoms with van der Waals surface area (Å²) >= 11 is 0. The van der Waals surface area contributed by atoms with Crippen LogP contribution in [0.3, 0.4) is 0 Å². The number of furan rings is 1. The highest BCUT2D eigenvalue weighted by Gasteiger charge is 2.09. The van der Waals surface area contributed by atoms with E-state index in [-0.39, 0.29) is 5.63 Å². The summed E-state index contributed by atoms with van der Waals surface area (Å²) in [7, 11) is 0. The molecule has 0 unspecified atom stereocenters. The van der Waals surface area contributed by atoms with Crippen molar-refractivity contribution in [1.82, 2.24) is 4.90 Å². The fourth-order valence-electron chi connectivity index (χ4n) is 2.72. The molecule has 0 saturated carbocycles. The lowest BCUT2D eigenvalue weighted by atomic mass is 10.1. The van der Waals surface area contributed by atoms with Gasteiger partial charge in [-0.3, -0.25) is 4.90 Å². The molecule has 0 atom stereocenters. The largest absolute Gasteiger partial charge is 0.468 e. The molecule has 3 rings (SSSR count). The van der Waals surface area contributed by atoms with Crippen LogP contribution in [-0.2, 0) is 13.1 Å². The van der Waals surface area contributed by atoms with Gasteiger partial charge in [0.1, 0.15) is 11.3 Å². The summed E-state index contributed by atoms with van der Waals surface area (Å²) in [6, 6.07) is 11.4. The number of aryl methyl sites for hydroxylation is 1. The third-order valence-corrected chi connectivity index (χ3v) is 3.77. The summed E-state index contributed by atoms with van der Waals surface area (Å²) in [5.74, 6) is 0.912. The summed E-state index contributed by atoms with van der Waals surface area (Å²) < 4.78 is 10.7. The van der Waals surface area contributed by atoms with Gasteiger partial charge in [-0.05, 0) is 36.2 Å². The average molecular weight is 309 g/mol. The Morgan fingerprint density at radius 3 is 2.83 bits per heavy atom. The summed E-state index contributed by atoms with van der Waals surface area (Å²) in [6.45, 7) is 7.90. The number of nitrogens with zero attached hydrogens (tertiary/aromatic N) is 1. The van der Waals surface area contributed by atoms with E-state index >= 15 is 0 Å². The van der Waals surface area contributed by atoms with Gasteiger partial charge in [0.15, 0.2) is 0 Å². The van der Waals surface area contributed by atoms with Gasteiger partial charge in [-0.15, -0.1) is 6.58 Å². The second kappa shape index (κ2) is 6.67. The normalized spacial score (nSPS) is 11.2. The number of benzene rings is 1. The zero-order valence-electron chi connectivity index (χ0n) is 13.1. The molecule has 118 valence electrons. The van der Waals surface area contributed by atoms with Crippen LogP contribution in [-0.4, -0.2) is 11.4 Å². The Morgan fingerprint density at radius 2 is 2.09 bits per heavy atom. The molecule has 3 aromatic rings. The van der Waals surface area contributed by atoms with E-state index in [9.17, 15) is 4.79 Å². The SMILES string of the molecule is C=CCN(Cc1ccc2c(C)cc(=O)oc2c1)Cc1ccco1. The van der Waals surface area contributed by atoms with Crippen LogP contribution in [0.4, 0.5) is 0 Å². The van der Waals surface area contributed by atoms with Gasteiger partial charge >= 0.3 is 5.63 Å². The maximum Gasteiger partial charge on any atom is 0.336 e. The Labute approximate surface area is 134 Å². The molecule has 0 saturated heterocycles. The van der Waals surface area contributed by atoms with Crippen molar-refractivity contribution in [3.8, 4) is 0 Å². The van der Waals surface area contributed by atoms with Gasteiger partial charge in [-0.1, -0.05) is 18.2 Å². The summed E-state index contributed by atoms with van der Waals surface area (Å²) in [4.78, 5) is 13.8. The number of fused-ring (bicyclic) bond motifs is 1. The second-order valence-corrected chi connectivity index (χ2v) is 5.62. The first-order valence-corrected chi connectivity index (χ1v) is 7.55. The maximum absolute atomic E-state index is 11.5. The third-order valence-electron chi connectivity index (χ3n) is 3.77. The molecule has 2 aromatic heterocycles. The highest BCUT2D eigenvalue weighted by molar-refractivity contribution is 5.80. The fraction of sp³-hybridized carbons (Fsp3) is 0.211. The van der Waals surface area contributed by atoms with Gasteiger partial charge in [0.05, 0.1) is 12.8 Å². The van der Waals surface area contributed by atoms with Crippen LogP contribution in [0.25, 0.3) is 11.0 Å².